The van der Waals surface area contributed by atoms with Crippen molar-refractivity contribution in [3.8, 4) is 0 Å². The minimum Gasteiger partial charge on any atom is -0.369 e. The first kappa shape index (κ1) is 20.0. The third-order valence-electron chi connectivity index (χ3n) is 4.84. The number of nitro benzene ring substituents is 1. The molecule has 0 spiro atoms. The van der Waals surface area contributed by atoms with Crippen molar-refractivity contribution >= 4 is 34.6 Å². The maximum atomic E-state index is 13.1. The van der Waals surface area contributed by atoms with Crippen LogP contribution in [0.25, 0.3) is 0 Å². The molecule has 1 N–H and O–H groups in total. The van der Waals surface area contributed by atoms with E-state index >= 15 is 0 Å². The Morgan fingerprint density at radius 2 is 1.93 bits per heavy atom. The topological polar surface area (TPSA) is 78.7 Å². The van der Waals surface area contributed by atoms with E-state index in [2.05, 4.69) is 10.2 Å². The second-order valence-corrected chi connectivity index (χ2v) is 7.00. The van der Waals surface area contributed by atoms with E-state index < -0.39 is 16.8 Å². The summed E-state index contributed by atoms with van der Waals surface area (Å²) in [7, 11) is 0. The number of nitrogens with zero attached hydrogens (tertiary/aromatic N) is 3. The van der Waals surface area contributed by atoms with Crippen molar-refractivity contribution in [1.82, 2.24) is 4.90 Å². The van der Waals surface area contributed by atoms with Crippen molar-refractivity contribution in [2.24, 2.45) is 0 Å². The Bertz CT molecular complexity index is 887. The molecule has 0 bridgehead atoms. The van der Waals surface area contributed by atoms with Gasteiger partial charge in [-0.15, -0.1) is 0 Å². The third kappa shape index (κ3) is 4.58. The fourth-order valence-electron chi connectivity index (χ4n) is 3.16. The summed E-state index contributed by atoms with van der Waals surface area (Å²) >= 11 is 5.96. The monoisotopic (exact) mass is 406 g/mol. The summed E-state index contributed by atoms with van der Waals surface area (Å²) in [4.78, 5) is 27.2. The Morgan fingerprint density at radius 1 is 1.21 bits per heavy atom. The van der Waals surface area contributed by atoms with Crippen LogP contribution in [0.15, 0.2) is 42.5 Å². The van der Waals surface area contributed by atoms with E-state index in [-0.39, 0.29) is 16.6 Å². The molecule has 0 aromatic heterocycles. The van der Waals surface area contributed by atoms with Gasteiger partial charge in [-0.1, -0.05) is 17.7 Å². The van der Waals surface area contributed by atoms with Gasteiger partial charge >= 0.3 is 0 Å². The molecule has 1 fully saturated rings. The van der Waals surface area contributed by atoms with Gasteiger partial charge in [0.15, 0.2) is 0 Å². The highest BCUT2D eigenvalue weighted by Gasteiger charge is 2.26. The van der Waals surface area contributed by atoms with Gasteiger partial charge in [0.2, 0.25) is 5.91 Å². The van der Waals surface area contributed by atoms with Crippen LogP contribution in [0.3, 0.4) is 0 Å². The molecular formula is C19H20ClFN4O3. The van der Waals surface area contributed by atoms with Crippen molar-refractivity contribution in [1.29, 1.82) is 0 Å². The number of amides is 1. The lowest BCUT2D eigenvalue weighted by molar-refractivity contribution is -0.384. The molecule has 1 atom stereocenters. The summed E-state index contributed by atoms with van der Waals surface area (Å²) in [5.74, 6) is -0.689. The van der Waals surface area contributed by atoms with Gasteiger partial charge in [-0.25, -0.2) is 4.39 Å². The van der Waals surface area contributed by atoms with Crippen LogP contribution in [-0.4, -0.2) is 48.0 Å². The molecule has 0 saturated carbocycles. The number of rotatable bonds is 5. The Labute approximate surface area is 166 Å². The van der Waals surface area contributed by atoms with Gasteiger partial charge in [0, 0.05) is 44.0 Å². The normalized spacial score (nSPS) is 15.9. The first-order chi connectivity index (χ1) is 13.3. The van der Waals surface area contributed by atoms with E-state index in [9.17, 15) is 19.3 Å². The Kier molecular flexibility index (Phi) is 6.11. The van der Waals surface area contributed by atoms with Gasteiger partial charge in [0.1, 0.15) is 5.82 Å². The molecule has 2 aromatic carbocycles. The molecule has 28 heavy (non-hydrogen) atoms. The van der Waals surface area contributed by atoms with Crippen LogP contribution in [0.4, 0.5) is 21.5 Å². The van der Waals surface area contributed by atoms with Gasteiger partial charge in [-0.3, -0.25) is 19.8 Å². The summed E-state index contributed by atoms with van der Waals surface area (Å²) in [6.45, 7) is 4.37. The molecule has 1 heterocycles. The lowest BCUT2D eigenvalue weighted by Gasteiger charge is -2.38. The second kappa shape index (κ2) is 8.53. The van der Waals surface area contributed by atoms with E-state index in [4.69, 9.17) is 11.6 Å². The van der Waals surface area contributed by atoms with Crippen molar-refractivity contribution in [2.75, 3.05) is 36.4 Å². The minimum atomic E-state index is -0.465. The number of benzene rings is 2. The molecule has 148 valence electrons. The van der Waals surface area contributed by atoms with Crippen LogP contribution < -0.4 is 10.2 Å². The zero-order valence-corrected chi connectivity index (χ0v) is 16.0. The van der Waals surface area contributed by atoms with E-state index in [0.717, 1.165) is 11.8 Å². The fourth-order valence-corrected chi connectivity index (χ4v) is 3.38. The van der Waals surface area contributed by atoms with Crippen molar-refractivity contribution in [3.63, 3.8) is 0 Å². The Morgan fingerprint density at radius 3 is 2.57 bits per heavy atom. The van der Waals surface area contributed by atoms with Crippen LogP contribution >= 0.6 is 11.6 Å². The molecule has 9 heteroatoms. The standard InChI is InChI=1S/C19H20ClFN4O3/c1-13(19(26)22-18-6-5-14(21)11-17(18)20)23-7-9-24(10-8-23)15-3-2-4-16(12-15)25(27)28/h2-6,11-13H,7-10H2,1H3,(H,22,26). The van der Waals surface area contributed by atoms with Gasteiger partial charge in [0.25, 0.3) is 5.69 Å². The zero-order valence-electron chi connectivity index (χ0n) is 15.3. The second-order valence-electron chi connectivity index (χ2n) is 6.59. The van der Waals surface area contributed by atoms with E-state index in [1.54, 1.807) is 19.1 Å². The number of non-ortho nitro benzene ring substituents is 1. The molecule has 2 aromatic rings. The Hall–Kier alpha value is -2.71. The minimum absolute atomic E-state index is 0.0591. The molecule has 7 nitrogen and oxygen atoms in total. The van der Waals surface area contributed by atoms with E-state index in [1.807, 2.05) is 11.0 Å². The zero-order chi connectivity index (χ0) is 20.3. The highest BCUT2D eigenvalue weighted by atomic mass is 35.5. The highest BCUT2D eigenvalue weighted by molar-refractivity contribution is 6.33. The molecule has 3 rings (SSSR count). The van der Waals surface area contributed by atoms with Gasteiger partial charge in [-0.05, 0) is 31.2 Å². The summed E-state index contributed by atoms with van der Waals surface area (Å²) in [6.07, 6.45) is 0. The maximum Gasteiger partial charge on any atom is 0.271 e. The highest BCUT2D eigenvalue weighted by Crippen LogP contribution is 2.24. The van der Waals surface area contributed by atoms with E-state index in [1.165, 1.54) is 18.2 Å². The predicted octanol–water partition coefficient (Wildman–Crippen LogP) is 3.54. The average molecular weight is 407 g/mol. The van der Waals surface area contributed by atoms with E-state index in [0.29, 0.717) is 31.9 Å². The quantitative estimate of drug-likeness (QED) is 0.607. The lowest BCUT2D eigenvalue weighted by Crippen LogP contribution is -2.52. The molecule has 1 saturated heterocycles. The molecule has 0 radical (unpaired) electrons. The predicted molar refractivity (Wildman–Crippen MR) is 106 cm³/mol. The number of hydrogen-bond donors (Lipinski definition) is 1. The SMILES string of the molecule is CC(C(=O)Nc1ccc(F)cc1Cl)N1CCN(c2cccc([N+](=O)[O-])c2)CC1. The number of carbonyl (C=O) groups is 1. The Balaban J connectivity index is 1.58. The molecular weight excluding hydrogens is 387 g/mol. The number of nitro groups is 1. The molecule has 1 unspecified atom stereocenters. The maximum absolute atomic E-state index is 13.1. The van der Waals surface area contributed by atoms with Crippen molar-refractivity contribution in [2.45, 2.75) is 13.0 Å². The van der Waals surface area contributed by atoms with Crippen LogP contribution in [-0.2, 0) is 4.79 Å². The third-order valence-corrected chi connectivity index (χ3v) is 5.15. The number of nitrogens with one attached hydrogen (secondary N) is 1. The molecule has 0 aliphatic carbocycles. The first-order valence-corrected chi connectivity index (χ1v) is 9.22. The molecule has 1 aliphatic heterocycles. The summed E-state index contributed by atoms with van der Waals surface area (Å²) in [5.41, 5.74) is 1.23. The summed E-state index contributed by atoms with van der Waals surface area (Å²) < 4.78 is 13.1. The smallest absolute Gasteiger partial charge is 0.271 e. The molecule has 1 aliphatic rings. The van der Waals surface area contributed by atoms with Gasteiger partial charge < -0.3 is 10.2 Å². The van der Waals surface area contributed by atoms with Gasteiger partial charge in [0.05, 0.1) is 21.7 Å². The van der Waals surface area contributed by atoms with Crippen LogP contribution in [0.2, 0.25) is 5.02 Å². The van der Waals surface area contributed by atoms with Crippen LogP contribution in [0.5, 0.6) is 0 Å². The summed E-state index contributed by atoms with van der Waals surface area (Å²) in [6, 6.07) is 9.97. The average Bonchev–Trinajstić information content (AvgIpc) is 2.69. The number of hydrogen-bond acceptors (Lipinski definition) is 5. The fraction of sp³-hybridized carbons (Fsp3) is 0.316. The van der Waals surface area contributed by atoms with Crippen LogP contribution in [0, 0.1) is 15.9 Å². The molecule has 1 amide bonds. The van der Waals surface area contributed by atoms with Gasteiger partial charge in [-0.2, -0.15) is 0 Å². The number of piperazine rings is 1. The van der Waals surface area contributed by atoms with Crippen molar-refractivity contribution < 1.29 is 14.1 Å². The largest absolute Gasteiger partial charge is 0.369 e. The number of carbonyl (C=O) groups excluding carboxylic acids is 1. The first-order valence-electron chi connectivity index (χ1n) is 8.84. The van der Waals surface area contributed by atoms with Crippen LogP contribution in [0.1, 0.15) is 6.92 Å². The number of halogens is 2. The lowest BCUT2D eigenvalue weighted by atomic mass is 10.2. The van der Waals surface area contributed by atoms with Crippen molar-refractivity contribution in [3.05, 3.63) is 63.4 Å². The summed E-state index contributed by atoms with van der Waals surface area (Å²) in [5, 5.41) is 13.8. The number of anilines is 2.